The molecule has 1 unspecified atom stereocenters. The molecule has 0 spiro atoms. The number of nitrogens with one attached hydrogen (secondary N) is 1. The first-order valence-electron chi connectivity index (χ1n) is 8.17. The van der Waals surface area contributed by atoms with Crippen molar-refractivity contribution >= 4 is 0 Å². The lowest BCUT2D eigenvalue weighted by Gasteiger charge is -2.44. The molecule has 1 aliphatic carbocycles. The number of hydrogen-bond donors (Lipinski definition) is 1. The minimum atomic E-state index is -0.109. The van der Waals surface area contributed by atoms with E-state index in [0.717, 1.165) is 37.5 Å². The van der Waals surface area contributed by atoms with E-state index in [1.807, 2.05) is 14.2 Å². The predicted octanol–water partition coefficient (Wildman–Crippen LogP) is 3.48. The molecular formula is C18H27NO2. The Bertz CT molecular complexity index is 492. The van der Waals surface area contributed by atoms with Gasteiger partial charge in [0.15, 0.2) is 0 Å². The number of ether oxygens (including phenoxy) is 2. The molecule has 3 nitrogen and oxygen atoms in total. The molecule has 2 aliphatic rings. The van der Waals surface area contributed by atoms with Crippen LogP contribution in [0.25, 0.3) is 0 Å². The van der Waals surface area contributed by atoms with Gasteiger partial charge in [0, 0.05) is 19.1 Å². The Morgan fingerprint density at radius 1 is 1.33 bits per heavy atom. The molecule has 0 radical (unpaired) electrons. The van der Waals surface area contributed by atoms with Crippen molar-refractivity contribution in [3.8, 4) is 5.75 Å². The lowest BCUT2D eigenvalue weighted by atomic mass is 9.73. The molecular weight excluding hydrogens is 262 g/mol. The van der Waals surface area contributed by atoms with Crippen molar-refractivity contribution in [2.45, 2.75) is 50.7 Å². The van der Waals surface area contributed by atoms with Crippen LogP contribution in [0.15, 0.2) is 18.2 Å². The zero-order chi connectivity index (χ0) is 14.9. The van der Waals surface area contributed by atoms with Crippen LogP contribution in [-0.4, -0.2) is 26.4 Å². The number of hydrogen-bond acceptors (Lipinski definition) is 3. The third kappa shape index (κ3) is 2.58. The van der Waals surface area contributed by atoms with Gasteiger partial charge in [0.25, 0.3) is 0 Å². The average molecular weight is 289 g/mol. The summed E-state index contributed by atoms with van der Waals surface area (Å²) in [5.74, 6) is 1.90. The highest BCUT2D eigenvalue weighted by molar-refractivity contribution is 5.46. The quantitative estimate of drug-likeness (QED) is 0.920. The number of benzene rings is 1. The molecule has 1 heterocycles. The minimum absolute atomic E-state index is 0.109. The second-order valence-electron chi connectivity index (χ2n) is 6.61. The van der Waals surface area contributed by atoms with Gasteiger partial charge in [-0.25, -0.2) is 0 Å². The van der Waals surface area contributed by atoms with Crippen molar-refractivity contribution < 1.29 is 9.47 Å². The van der Waals surface area contributed by atoms with E-state index in [-0.39, 0.29) is 11.6 Å². The first kappa shape index (κ1) is 14.9. The van der Waals surface area contributed by atoms with Crippen LogP contribution >= 0.6 is 0 Å². The van der Waals surface area contributed by atoms with Gasteiger partial charge >= 0.3 is 0 Å². The zero-order valence-electron chi connectivity index (χ0n) is 13.4. The summed E-state index contributed by atoms with van der Waals surface area (Å²) >= 11 is 0. The highest BCUT2D eigenvalue weighted by Gasteiger charge is 2.43. The van der Waals surface area contributed by atoms with Crippen LogP contribution in [0.4, 0.5) is 0 Å². The molecule has 3 rings (SSSR count). The topological polar surface area (TPSA) is 30.5 Å². The Kier molecular flexibility index (Phi) is 4.23. The molecule has 1 atom stereocenters. The third-order valence-electron chi connectivity index (χ3n) is 5.40. The van der Waals surface area contributed by atoms with Gasteiger partial charge in [0.05, 0.1) is 18.2 Å². The van der Waals surface area contributed by atoms with Crippen LogP contribution in [-0.2, 0) is 11.2 Å². The van der Waals surface area contributed by atoms with Gasteiger partial charge in [0.2, 0.25) is 0 Å². The van der Waals surface area contributed by atoms with Gasteiger partial charge in [-0.05, 0) is 44.2 Å². The van der Waals surface area contributed by atoms with Crippen LogP contribution in [0.5, 0.6) is 5.75 Å². The van der Waals surface area contributed by atoms with Crippen molar-refractivity contribution in [2.75, 3.05) is 20.8 Å². The van der Waals surface area contributed by atoms with Crippen LogP contribution < -0.4 is 10.1 Å². The lowest BCUT2D eigenvalue weighted by molar-refractivity contribution is -0.0748. The molecule has 1 aromatic rings. The average Bonchev–Trinajstić information content (AvgIpc) is 2.99. The predicted molar refractivity (Wildman–Crippen MR) is 84.8 cm³/mol. The van der Waals surface area contributed by atoms with Crippen molar-refractivity contribution in [2.24, 2.45) is 5.92 Å². The maximum Gasteiger partial charge on any atom is 0.127 e. The fourth-order valence-corrected chi connectivity index (χ4v) is 4.03. The first-order chi connectivity index (χ1) is 10.2. The molecule has 0 saturated heterocycles. The monoisotopic (exact) mass is 289 g/mol. The summed E-state index contributed by atoms with van der Waals surface area (Å²) in [6.07, 6.45) is 5.72. The fraction of sp³-hybridized carbons (Fsp3) is 0.667. The van der Waals surface area contributed by atoms with Gasteiger partial charge in [-0.2, -0.15) is 0 Å². The van der Waals surface area contributed by atoms with Crippen molar-refractivity contribution in [1.29, 1.82) is 0 Å². The van der Waals surface area contributed by atoms with E-state index in [0.29, 0.717) is 0 Å². The van der Waals surface area contributed by atoms with Gasteiger partial charge in [-0.1, -0.05) is 25.1 Å². The molecule has 21 heavy (non-hydrogen) atoms. The highest BCUT2D eigenvalue weighted by Crippen LogP contribution is 2.46. The highest BCUT2D eigenvalue weighted by atomic mass is 16.5. The maximum absolute atomic E-state index is 6.08. The number of rotatable bonds is 4. The molecule has 1 fully saturated rings. The van der Waals surface area contributed by atoms with Crippen LogP contribution in [0.2, 0.25) is 0 Å². The summed E-state index contributed by atoms with van der Waals surface area (Å²) in [7, 11) is 3.90. The Morgan fingerprint density at radius 3 is 2.76 bits per heavy atom. The van der Waals surface area contributed by atoms with Gasteiger partial charge in [-0.15, -0.1) is 0 Å². The van der Waals surface area contributed by atoms with E-state index >= 15 is 0 Å². The second kappa shape index (κ2) is 5.98. The Labute approximate surface area is 128 Å². The normalized spacial score (nSPS) is 29.8. The van der Waals surface area contributed by atoms with Gasteiger partial charge < -0.3 is 14.8 Å². The standard InChI is InChI=1S/C18H27NO2/c1-13-7-10-18(20-3,11-8-13)17(19-2)15-6-4-5-14-9-12-21-16(14)15/h4-6,13,17,19H,7-12H2,1-3H3. The molecule has 1 aliphatic heterocycles. The third-order valence-corrected chi connectivity index (χ3v) is 5.40. The summed E-state index contributed by atoms with van der Waals surface area (Å²) in [6.45, 7) is 3.15. The van der Waals surface area contributed by atoms with Crippen LogP contribution in [0, 0.1) is 5.92 Å². The van der Waals surface area contributed by atoms with E-state index in [9.17, 15) is 0 Å². The molecule has 1 N–H and O–H groups in total. The zero-order valence-corrected chi connectivity index (χ0v) is 13.4. The second-order valence-corrected chi connectivity index (χ2v) is 6.61. The Morgan fingerprint density at radius 2 is 2.10 bits per heavy atom. The van der Waals surface area contributed by atoms with E-state index in [1.165, 1.54) is 24.0 Å². The van der Waals surface area contributed by atoms with E-state index < -0.39 is 0 Å². The van der Waals surface area contributed by atoms with E-state index in [4.69, 9.17) is 9.47 Å². The van der Waals surface area contributed by atoms with Gasteiger partial charge in [-0.3, -0.25) is 0 Å². The van der Waals surface area contributed by atoms with Crippen molar-refractivity contribution in [3.05, 3.63) is 29.3 Å². The summed E-state index contributed by atoms with van der Waals surface area (Å²) in [5.41, 5.74) is 2.49. The smallest absolute Gasteiger partial charge is 0.127 e. The Balaban J connectivity index is 1.96. The molecule has 0 aromatic heterocycles. The Hall–Kier alpha value is -1.06. The fourth-order valence-electron chi connectivity index (χ4n) is 4.03. The molecule has 0 bridgehead atoms. The van der Waals surface area contributed by atoms with Gasteiger partial charge in [0.1, 0.15) is 5.75 Å². The molecule has 1 aromatic carbocycles. The number of methoxy groups -OCH3 is 1. The summed E-state index contributed by atoms with van der Waals surface area (Å²) in [4.78, 5) is 0. The van der Waals surface area contributed by atoms with Crippen molar-refractivity contribution in [1.82, 2.24) is 5.32 Å². The number of para-hydroxylation sites is 1. The van der Waals surface area contributed by atoms with E-state index in [2.05, 4.69) is 30.4 Å². The van der Waals surface area contributed by atoms with E-state index in [1.54, 1.807) is 0 Å². The summed E-state index contributed by atoms with van der Waals surface area (Å²) < 4.78 is 12.0. The van der Waals surface area contributed by atoms with Crippen molar-refractivity contribution in [3.63, 3.8) is 0 Å². The molecule has 3 heteroatoms. The number of likely N-dealkylation sites (N-methyl/N-ethyl adjacent to an activating group) is 1. The van der Waals surface area contributed by atoms with Crippen LogP contribution in [0.1, 0.15) is 49.8 Å². The molecule has 0 amide bonds. The SMILES string of the molecule is CNC(c1cccc2c1OCC2)C1(OC)CCC(C)CC1. The minimum Gasteiger partial charge on any atom is -0.493 e. The van der Waals surface area contributed by atoms with Crippen LogP contribution in [0.3, 0.4) is 0 Å². The first-order valence-corrected chi connectivity index (χ1v) is 8.17. The maximum atomic E-state index is 6.08. The number of fused-ring (bicyclic) bond motifs is 1. The lowest BCUT2D eigenvalue weighted by Crippen LogP contribution is -2.47. The summed E-state index contributed by atoms with van der Waals surface area (Å²) in [5, 5.41) is 3.52. The summed E-state index contributed by atoms with van der Waals surface area (Å²) in [6, 6.07) is 6.73. The molecule has 1 saturated carbocycles. The largest absolute Gasteiger partial charge is 0.493 e. The molecule has 116 valence electrons.